The summed E-state index contributed by atoms with van der Waals surface area (Å²) >= 11 is 3.42. The lowest BCUT2D eigenvalue weighted by Crippen LogP contribution is -2.16. The molecular weight excluding hydrogens is 402 g/mol. The largest absolute Gasteiger partial charge is 0.490 e. The van der Waals surface area contributed by atoms with E-state index in [1.165, 1.54) is 12.1 Å². The van der Waals surface area contributed by atoms with Crippen LogP contribution in [0.5, 0.6) is 5.75 Å². The zero-order valence-electron chi connectivity index (χ0n) is 13.9. The molecule has 0 spiro atoms. The number of hydrogen-bond donors (Lipinski definition) is 2. The van der Waals surface area contributed by atoms with Crippen molar-refractivity contribution in [3.63, 3.8) is 0 Å². The maximum Gasteiger partial charge on any atom is 0.335 e. The molecule has 0 saturated carbocycles. The number of carbonyl (C=O) groups excluding carboxylic acids is 1. The second kappa shape index (κ2) is 8.33. The Balaban J connectivity index is 1.61. The molecule has 2 N–H and O–H groups in total. The van der Waals surface area contributed by atoms with Crippen molar-refractivity contribution in [2.45, 2.75) is 18.9 Å². The highest BCUT2D eigenvalue weighted by Crippen LogP contribution is 2.27. The van der Waals surface area contributed by atoms with Crippen LogP contribution in [0.4, 0.5) is 5.69 Å². The topological polar surface area (TPSA) is 84.9 Å². The average Bonchev–Trinajstić information content (AvgIpc) is 3.14. The Hall–Kier alpha value is -2.38. The Morgan fingerprint density at radius 1 is 1.19 bits per heavy atom. The van der Waals surface area contributed by atoms with Gasteiger partial charge in [-0.1, -0.05) is 0 Å². The van der Waals surface area contributed by atoms with Gasteiger partial charge < -0.3 is 19.9 Å². The van der Waals surface area contributed by atoms with E-state index in [-0.39, 0.29) is 17.6 Å². The molecule has 7 heteroatoms. The molecule has 1 atom stereocenters. The van der Waals surface area contributed by atoms with Crippen molar-refractivity contribution >= 4 is 33.5 Å². The van der Waals surface area contributed by atoms with Gasteiger partial charge in [0.25, 0.3) is 5.91 Å². The minimum Gasteiger partial charge on any atom is -0.490 e. The Labute approximate surface area is 159 Å². The maximum absolute atomic E-state index is 12.4. The van der Waals surface area contributed by atoms with Crippen molar-refractivity contribution in [1.82, 2.24) is 0 Å². The number of carboxylic acids is 1. The van der Waals surface area contributed by atoms with E-state index in [4.69, 9.17) is 14.6 Å². The first kappa shape index (κ1) is 18.4. The van der Waals surface area contributed by atoms with Gasteiger partial charge in [-0.2, -0.15) is 0 Å². The number of rotatable bonds is 6. The van der Waals surface area contributed by atoms with Crippen LogP contribution in [0, 0.1) is 0 Å². The van der Waals surface area contributed by atoms with Gasteiger partial charge in [-0.25, -0.2) is 4.79 Å². The molecule has 1 unspecified atom stereocenters. The molecule has 1 heterocycles. The van der Waals surface area contributed by atoms with Gasteiger partial charge in [0.05, 0.1) is 16.1 Å². The Kier molecular flexibility index (Phi) is 5.90. The number of hydrogen-bond acceptors (Lipinski definition) is 4. The molecule has 2 aromatic carbocycles. The molecular formula is C19H18BrNO5. The van der Waals surface area contributed by atoms with E-state index in [1.807, 2.05) is 0 Å². The highest BCUT2D eigenvalue weighted by atomic mass is 79.9. The fourth-order valence-electron chi connectivity index (χ4n) is 2.62. The second-order valence-corrected chi connectivity index (χ2v) is 6.78. The quantitative estimate of drug-likeness (QED) is 0.739. The number of nitrogens with one attached hydrogen (secondary N) is 1. The summed E-state index contributed by atoms with van der Waals surface area (Å²) in [4.78, 5) is 23.2. The number of halogens is 1. The second-order valence-electron chi connectivity index (χ2n) is 5.93. The third-order valence-corrected chi connectivity index (χ3v) is 4.65. The lowest BCUT2D eigenvalue weighted by molar-refractivity contribution is 0.0676. The highest BCUT2D eigenvalue weighted by molar-refractivity contribution is 9.10. The summed E-state index contributed by atoms with van der Waals surface area (Å²) < 4.78 is 12.0. The Morgan fingerprint density at radius 3 is 2.54 bits per heavy atom. The van der Waals surface area contributed by atoms with Gasteiger partial charge in [-0.15, -0.1) is 0 Å². The SMILES string of the molecule is O=C(O)c1ccc(NC(=O)c2ccc(OCC3CCCO3)c(Br)c2)cc1. The van der Waals surface area contributed by atoms with Gasteiger partial charge in [-0.3, -0.25) is 4.79 Å². The highest BCUT2D eigenvalue weighted by Gasteiger charge is 2.17. The molecule has 0 bridgehead atoms. The normalized spacial score (nSPS) is 16.3. The Bertz CT molecular complexity index is 800. The molecule has 6 nitrogen and oxygen atoms in total. The molecule has 1 aliphatic heterocycles. The van der Waals surface area contributed by atoms with Crippen LogP contribution in [0.25, 0.3) is 0 Å². The van der Waals surface area contributed by atoms with E-state index in [0.29, 0.717) is 28.1 Å². The van der Waals surface area contributed by atoms with Crippen molar-refractivity contribution < 1.29 is 24.2 Å². The Morgan fingerprint density at radius 2 is 1.92 bits per heavy atom. The summed E-state index contributed by atoms with van der Waals surface area (Å²) in [5.74, 6) is -0.646. The summed E-state index contributed by atoms with van der Waals surface area (Å²) in [6, 6.07) is 11.1. The predicted octanol–water partition coefficient (Wildman–Crippen LogP) is 3.96. The molecule has 136 valence electrons. The van der Waals surface area contributed by atoms with Crippen LogP contribution in [0.3, 0.4) is 0 Å². The number of carbonyl (C=O) groups is 2. The zero-order chi connectivity index (χ0) is 18.5. The first-order valence-electron chi connectivity index (χ1n) is 8.21. The van der Waals surface area contributed by atoms with Crippen LogP contribution in [0.1, 0.15) is 33.6 Å². The van der Waals surface area contributed by atoms with E-state index >= 15 is 0 Å². The summed E-state index contributed by atoms with van der Waals surface area (Å²) in [5, 5.41) is 11.6. The molecule has 0 aliphatic carbocycles. The summed E-state index contributed by atoms with van der Waals surface area (Å²) in [6.07, 6.45) is 2.18. The number of benzene rings is 2. The maximum atomic E-state index is 12.4. The van der Waals surface area contributed by atoms with E-state index in [9.17, 15) is 9.59 Å². The predicted molar refractivity (Wildman–Crippen MR) is 100.0 cm³/mol. The third-order valence-electron chi connectivity index (χ3n) is 4.03. The average molecular weight is 420 g/mol. The fourth-order valence-corrected chi connectivity index (χ4v) is 3.11. The van der Waals surface area contributed by atoms with Gasteiger partial charge in [0.15, 0.2) is 0 Å². The standard InChI is InChI=1S/C19H18BrNO5/c20-16-10-13(5-8-17(16)26-11-15-2-1-9-25-15)18(22)21-14-6-3-12(4-7-14)19(23)24/h3-8,10,15H,1-2,9,11H2,(H,21,22)(H,23,24). The van der Waals surface area contributed by atoms with Crippen LogP contribution in [0.15, 0.2) is 46.9 Å². The first-order valence-corrected chi connectivity index (χ1v) is 9.01. The summed E-state index contributed by atoms with van der Waals surface area (Å²) in [7, 11) is 0. The van der Waals surface area contributed by atoms with Crippen LogP contribution >= 0.6 is 15.9 Å². The van der Waals surface area contributed by atoms with Crippen LogP contribution < -0.4 is 10.1 Å². The van der Waals surface area contributed by atoms with Crippen molar-refractivity contribution in [2.75, 3.05) is 18.5 Å². The smallest absolute Gasteiger partial charge is 0.335 e. The van der Waals surface area contributed by atoms with Crippen LogP contribution in [-0.4, -0.2) is 36.3 Å². The van der Waals surface area contributed by atoms with Crippen LogP contribution in [0.2, 0.25) is 0 Å². The molecule has 1 saturated heterocycles. The number of amides is 1. The fraction of sp³-hybridized carbons (Fsp3) is 0.263. The molecule has 1 fully saturated rings. The zero-order valence-corrected chi connectivity index (χ0v) is 15.5. The number of anilines is 1. The minimum atomic E-state index is -1.01. The number of carboxylic acid groups (broad SMARTS) is 1. The van der Waals surface area contributed by atoms with Gasteiger partial charge in [0.2, 0.25) is 0 Å². The molecule has 2 aromatic rings. The molecule has 3 rings (SSSR count). The van der Waals surface area contributed by atoms with E-state index in [1.54, 1.807) is 30.3 Å². The monoisotopic (exact) mass is 419 g/mol. The summed E-state index contributed by atoms with van der Waals surface area (Å²) in [5.41, 5.74) is 1.15. The van der Waals surface area contributed by atoms with E-state index in [0.717, 1.165) is 19.4 Å². The molecule has 1 aliphatic rings. The van der Waals surface area contributed by atoms with Gasteiger partial charge >= 0.3 is 5.97 Å². The summed E-state index contributed by atoms with van der Waals surface area (Å²) in [6.45, 7) is 1.27. The molecule has 0 aromatic heterocycles. The van der Waals surface area contributed by atoms with E-state index < -0.39 is 5.97 Å². The van der Waals surface area contributed by atoms with Crippen molar-refractivity contribution in [3.05, 3.63) is 58.1 Å². The minimum absolute atomic E-state index is 0.124. The van der Waals surface area contributed by atoms with E-state index in [2.05, 4.69) is 21.2 Å². The lowest BCUT2D eigenvalue weighted by atomic mass is 10.1. The third kappa shape index (κ3) is 4.62. The van der Waals surface area contributed by atoms with Crippen molar-refractivity contribution in [2.24, 2.45) is 0 Å². The first-order chi connectivity index (χ1) is 12.5. The number of aromatic carboxylic acids is 1. The van der Waals surface area contributed by atoms with Crippen LogP contribution in [-0.2, 0) is 4.74 Å². The number of ether oxygens (including phenoxy) is 2. The lowest BCUT2D eigenvalue weighted by Gasteiger charge is -2.13. The van der Waals surface area contributed by atoms with Crippen molar-refractivity contribution in [3.8, 4) is 5.75 Å². The van der Waals surface area contributed by atoms with Gasteiger partial charge in [0, 0.05) is 17.9 Å². The van der Waals surface area contributed by atoms with Crippen molar-refractivity contribution in [1.29, 1.82) is 0 Å². The van der Waals surface area contributed by atoms with Gasteiger partial charge in [-0.05, 0) is 71.2 Å². The molecule has 26 heavy (non-hydrogen) atoms. The molecule has 0 radical (unpaired) electrons. The van der Waals surface area contributed by atoms with Gasteiger partial charge in [0.1, 0.15) is 12.4 Å². The molecule has 1 amide bonds.